The lowest BCUT2D eigenvalue weighted by molar-refractivity contribution is -0.123. The third-order valence-electron chi connectivity index (χ3n) is 11.5. The number of allylic oxidation sites excluding steroid dienone is 20. The van der Waals surface area contributed by atoms with Crippen LogP contribution in [0.2, 0.25) is 0 Å². The van der Waals surface area contributed by atoms with Crippen LogP contribution >= 0.6 is 0 Å². The summed E-state index contributed by atoms with van der Waals surface area (Å²) in [7, 11) is 0. The number of aliphatic hydroxyl groups excluding tert-OH is 2. The molecule has 0 aromatic rings. The van der Waals surface area contributed by atoms with Crippen LogP contribution in [-0.2, 0) is 4.79 Å². The van der Waals surface area contributed by atoms with Crippen LogP contribution in [0.5, 0.6) is 0 Å². The number of hydrogen-bond donors (Lipinski definition) is 3. The van der Waals surface area contributed by atoms with Gasteiger partial charge in [0.05, 0.1) is 18.8 Å². The van der Waals surface area contributed by atoms with E-state index in [4.69, 9.17) is 0 Å². The van der Waals surface area contributed by atoms with Crippen molar-refractivity contribution in [3.8, 4) is 0 Å². The molecule has 0 saturated heterocycles. The van der Waals surface area contributed by atoms with Crippen LogP contribution in [0.4, 0.5) is 0 Å². The highest BCUT2D eigenvalue weighted by molar-refractivity contribution is 5.76. The first-order valence-corrected chi connectivity index (χ1v) is 26.7. The molecule has 2 unspecified atom stereocenters. The molecular weight excluding hydrogens is 783 g/mol. The van der Waals surface area contributed by atoms with Gasteiger partial charge in [0.15, 0.2) is 0 Å². The molecule has 0 bridgehead atoms. The summed E-state index contributed by atoms with van der Waals surface area (Å²) in [6, 6.07) is -0.553. The second-order valence-corrected chi connectivity index (χ2v) is 17.6. The van der Waals surface area contributed by atoms with Crippen molar-refractivity contribution < 1.29 is 15.0 Å². The second kappa shape index (κ2) is 54.1. The molecule has 0 aliphatic heterocycles. The Morgan fingerprint density at radius 1 is 0.391 bits per heavy atom. The third kappa shape index (κ3) is 49.8. The van der Waals surface area contributed by atoms with Crippen molar-refractivity contribution in [1.82, 2.24) is 5.32 Å². The average Bonchev–Trinajstić information content (AvgIpc) is 3.30. The third-order valence-corrected chi connectivity index (χ3v) is 11.5. The van der Waals surface area contributed by atoms with Crippen molar-refractivity contribution in [2.45, 2.75) is 244 Å². The molecule has 0 aromatic carbocycles. The SMILES string of the molecule is CC/C=C\C/C=C\C/C=C\C/C=C\C/C=C\C/C=C\C/C=C\C/C=C\C/C=C\C/C=C\CCCCCCCCC(=O)NC(CO)C(O)CCCCCCCCCCCCCCCCC. The van der Waals surface area contributed by atoms with Gasteiger partial charge in [0, 0.05) is 6.42 Å². The van der Waals surface area contributed by atoms with Gasteiger partial charge >= 0.3 is 0 Å². The number of nitrogens with one attached hydrogen (secondary N) is 1. The molecule has 3 N–H and O–H groups in total. The number of carbonyl (C=O) groups excluding carboxylic acids is 1. The Morgan fingerprint density at radius 2 is 0.688 bits per heavy atom. The van der Waals surface area contributed by atoms with E-state index in [9.17, 15) is 15.0 Å². The maximum absolute atomic E-state index is 12.5. The highest BCUT2D eigenvalue weighted by atomic mass is 16.3. The normalized spacial score (nSPS) is 13.9. The maximum atomic E-state index is 12.5. The highest BCUT2D eigenvalue weighted by Gasteiger charge is 2.20. The summed E-state index contributed by atoms with van der Waals surface area (Å²) in [6.45, 7) is 4.23. The zero-order valence-electron chi connectivity index (χ0n) is 41.8. The first-order valence-electron chi connectivity index (χ1n) is 26.7. The molecule has 364 valence electrons. The number of unbranched alkanes of at least 4 members (excludes halogenated alkanes) is 20. The maximum Gasteiger partial charge on any atom is 0.220 e. The van der Waals surface area contributed by atoms with Crippen LogP contribution in [0, 0.1) is 0 Å². The van der Waals surface area contributed by atoms with Crippen LogP contribution in [0.15, 0.2) is 122 Å². The van der Waals surface area contributed by atoms with Gasteiger partial charge in [0.2, 0.25) is 5.91 Å². The molecule has 2 atom stereocenters. The molecule has 64 heavy (non-hydrogen) atoms. The fraction of sp³-hybridized carbons (Fsp3) is 0.650. The Morgan fingerprint density at radius 3 is 1.03 bits per heavy atom. The molecule has 0 aliphatic rings. The Bertz CT molecular complexity index is 1280. The minimum Gasteiger partial charge on any atom is -0.394 e. The number of rotatable bonds is 47. The smallest absolute Gasteiger partial charge is 0.220 e. The summed E-state index contributed by atoms with van der Waals surface area (Å²) >= 11 is 0. The highest BCUT2D eigenvalue weighted by Crippen LogP contribution is 2.15. The molecule has 0 fully saturated rings. The Balaban J connectivity index is 3.64. The van der Waals surface area contributed by atoms with E-state index in [-0.39, 0.29) is 12.5 Å². The van der Waals surface area contributed by atoms with Crippen LogP contribution in [-0.4, -0.2) is 34.9 Å². The second-order valence-electron chi connectivity index (χ2n) is 17.6. The molecule has 0 aliphatic carbocycles. The summed E-state index contributed by atoms with van der Waals surface area (Å²) in [5, 5.41) is 23.2. The van der Waals surface area contributed by atoms with Crippen molar-refractivity contribution in [3.63, 3.8) is 0 Å². The van der Waals surface area contributed by atoms with Crippen LogP contribution in [0.25, 0.3) is 0 Å². The van der Waals surface area contributed by atoms with Gasteiger partial charge in [-0.1, -0.05) is 257 Å². The van der Waals surface area contributed by atoms with Crippen molar-refractivity contribution >= 4 is 5.91 Å². The van der Waals surface area contributed by atoms with Gasteiger partial charge in [0.25, 0.3) is 0 Å². The number of amides is 1. The van der Waals surface area contributed by atoms with E-state index < -0.39 is 12.1 Å². The van der Waals surface area contributed by atoms with E-state index in [1.54, 1.807) is 0 Å². The fourth-order valence-electron chi connectivity index (χ4n) is 7.45. The largest absolute Gasteiger partial charge is 0.394 e. The van der Waals surface area contributed by atoms with Gasteiger partial charge in [-0.15, -0.1) is 0 Å². The van der Waals surface area contributed by atoms with Crippen LogP contribution in [0.3, 0.4) is 0 Å². The Labute approximate surface area is 397 Å². The number of carbonyl (C=O) groups is 1. The van der Waals surface area contributed by atoms with Gasteiger partial charge in [-0.3, -0.25) is 4.79 Å². The molecule has 1 amide bonds. The van der Waals surface area contributed by atoms with E-state index >= 15 is 0 Å². The lowest BCUT2D eigenvalue weighted by Crippen LogP contribution is -2.45. The first kappa shape index (κ1) is 60.8. The molecule has 0 aromatic heterocycles. The van der Waals surface area contributed by atoms with Gasteiger partial charge in [0.1, 0.15) is 0 Å². The molecule has 0 saturated carbocycles. The quantitative estimate of drug-likeness (QED) is 0.0421. The van der Waals surface area contributed by atoms with Gasteiger partial charge in [-0.2, -0.15) is 0 Å². The standard InChI is InChI=1S/C60H101NO3/c1-3-5-7-9-11-13-15-17-19-20-21-22-23-24-25-26-27-28-29-30-31-32-33-34-35-36-37-38-39-40-42-44-46-48-50-52-54-56-60(64)61-58(57-62)59(63)55-53-51-49-47-45-43-41-18-16-14-12-10-8-6-4-2/h5,7,11,13,17,19,21-22,24-25,27-28,30-31,33-34,36-37,39-40,58-59,62-63H,3-4,6,8-10,12,14-16,18,20,23,26,29,32,35,38,41-57H2,1-2H3,(H,61,64)/b7-5-,13-11-,19-17-,22-21-,25-24-,28-27-,31-30-,34-33-,37-36-,40-39-. The Kier molecular flexibility index (Phi) is 51.4. The van der Waals surface area contributed by atoms with E-state index in [1.807, 2.05) is 0 Å². The number of hydrogen-bond acceptors (Lipinski definition) is 3. The average molecular weight is 884 g/mol. The van der Waals surface area contributed by atoms with E-state index in [0.717, 1.165) is 103 Å². The Hall–Kier alpha value is -3.21. The van der Waals surface area contributed by atoms with Crippen molar-refractivity contribution in [1.29, 1.82) is 0 Å². The summed E-state index contributed by atoms with van der Waals surface area (Å²) in [6.07, 6.45) is 83.0. The summed E-state index contributed by atoms with van der Waals surface area (Å²) in [4.78, 5) is 12.5. The van der Waals surface area contributed by atoms with Gasteiger partial charge in [-0.25, -0.2) is 0 Å². The molecular formula is C60H101NO3. The molecule has 0 spiro atoms. The first-order chi connectivity index (χ1) is 31.7. The van der Waals surface area contributed by atoms with E-state index in [0.29, 0.717) is 12.8 Å². The lowest BCUT2D eigenvalue weighted by atomic mass is 10.0. The lowest BCUT2D eigenvalue weighted by Gasteiger charge is -2.22. The fourth-order valence-corrected chi connectivity index (χ4v) is 7.45. The minimum absolute atomic E-state index is 0.0506. The number of aliphatic hydroxyl groups is 2. The van der Waals surface area contributed by atoms with Crippen molar-refractivity contribution in [2.24, 2.45) is 0 Å². The zero-order valence-corrected chi connectivity index (χ0v) is 41.8. The predicted octanol–water partition coefficient (Wildman–Crippen LogP) is 17.7. The summed E-state index contributed by atoms with van der Waals surface area (Å²) in [5.74, 6) is -0.0506. The molecule has 0 heterocycles. The summed E-state index contributed by atoms with van der Waals surface area (Å²) in [5.41, 5.74) is 0. The van der Waals surface area contributed by atoms with Crippen molar-refractivity contribution in [2.75, 3.05) is 6.61 Å². The zero-order chi connectivity index (χ0) is 46.3. The molecule has 4 nitrogen and oxygen atoms in total. The minimum atomic E-state index is -0.674. The molecule has 0 rings (SSSR count). The van der Waals surface area contributed by atoms with Crippen molar-refractivity contribution in [3.05, 3.63) is 122 Å². The van der Waals surface area contributed by atoms with Crippen LogP contribution < -0.4 is 5.32 Å². The van der Waals surface area contributed by atoms with Gasteiger partial charge < -0.3 is 15.5 Å². The topological polar surface area (TPSA) is 69.6 Å². The van der Waals surface area contributed by atoms with E-state index in [1.165, 1.54) is 103 Å². The molecule has 0 radical (unpaired) electrons. The van der Waals surface area contributed by atoms with E-state index in [2.05, 4.69) is 141 Å². The van der Waals surface area contributed by atoms with Crippen LogP contribution in [0.1, 0.15) is 232 Å². The predicted molar refractivity (Wildman–Crippen MR) is 285 cm³/mol. The van der Waals surface area contributed by atoms with Gasteiger partial charge in [-0.05, 0) is 89.9 Å². The molecule has 4 heteroatoms. The monoisotopic (exact) mass is 884 g/mol. The summed E-state index contributed by atoms with van der Waals surface area (Å²) < 4.78 is 0.